The van der Waals surface area contributed by atoms with Crippen LogP contribution in [0.15, 0.2) is 24.3 Å². The molecular weight excluding hydrogens is 328 g/mol. The quantitative estimate of drug-likeness (QED) is 0.907. The van der Waals surface area contributed by atoms with Gasteiger partial charge in [0.05, 0.1) is 12.6 Å². The van der Waals surface area contributed by atoms with Crippen LogP contribution in [-0.2, 0) is 9.53 Å². The average Bonchev–Trinajstić information content (AvgIpc) is 3.25. The molecule has 1 aromatic carbocycles. The topological polar surface area (TPSA) is 72.6 Å². The second-order valence-electron chi connectivity index (χ2n) is 7.39. The Labute approximate surface area is 146 Å². The number of rotatable bonds is 4. The molecule has 1 aliphatic heterocycles. The first kappa shape index (κ1) is 15.8. The predicted octanol–water partition coefficient (Wildman–Crippen LogP) is 3.27. The number of benzene rings is 1. The molecule has 0 radical (unpaired) electrons. The van der Waals surface area contributed by atoms with Crippen LogP contribution in [0.3, 0.4) is 0 Å². The number of primary amides is 1. The van der Waals surface area contributed by atoms with E-state index >= 15 is 0 Å². The maximum atomic E-state index is 12.5. The van der Waals surface area contributed by atoms with Gasteiger partial charge in [-0.25, -0.2) is 4.79 Å². The van der Waals surface area contributed by atoms with Gasteiger partial charge in [0.1, 0.15) is 0 Å². The van der Waals surface area contributed by atoms with Gasteiger partial charge in [-0.2, -0.15) is 0 Å². The van der Waals surface area contributed by atoms with Crippen molar-refractivity contribution >= 4 is 23.6 Å². The molecule has 128 valence electrons. The van der Waals surface area contributed by atoms with E-state index in [1.165, 1.54) is 12.8 Å². The second-order valence-corrected chi connectivity index (χ2v) is 7.83. The molecule has 2 aliphatic carbocycles. The molecule has 24 heavy (non-hydrogen) atoms. The Bertz CT molecular complexity index is 667. The van der Waals surface area contributed by atoms with E-state index < -0.39 is 18.1 Å². The number of carbonyl (C=O) groups excluding carboxylic acids is 2. The number of ether oxygens (including phenoxy) is 1. The number of halogens is 1. The molecule has 1 aromatic rings. The summed E-state index contributed by atoms with van der Waals surface area (Å²) in [5.74, 6) is 0.166. The summed E-state index contributed by atoms with van der Waals surface area (Å²) < 4.78 is 5.21. The molecule has 3 aliphatic rings. The number of cyclic esters (lactones) is 1. The first-order valence-corrected chi connectivity index (χ1v) is 8.88. The summed E-state index contributed by atoms with van der Waals surface area (Å²) in [5, 5.41) is 0.671. The van der Waals surface area contributed by atoms with Crippen LogP contribution < -0.4 is 5.73 Å². The SMILES string of the molecule is NC(=O)C1CN([C@H](c2ccc(Cl)cc2)C23CCC(CC2)C3)C(=O)O1. The van der Waals surface area contributed by atoms with Gasteiger partial charge in [-0.05, 0) is 61.1 Å². The molecule has 1 saturated heterocycles. The molecule has 5 nitrogen and oxygen atoms in total. The first-order chi connectivity index (χ1) is 11.5. The average molecular weight is 349 g/mol. The molecule has 6 heteroatoms. The molecule has 0 aromatic heterocycles. The Kier molecular flexibility index (Phi) is 3.71. The van der Waals surface area contributed by atoms with Crippen LogP contribution in [0.25, 0.3) is 0 Å². The van der Waals surface area contributed by atoms with E-state index in [-0.39, 0.29) is 18.0 Å². The number of nitrogens with two attached hydrogens (primary N) is 1. The van der Waals surface area contributed by atoms with Crippen molar-refractivity contribution in [2.45, 2.75) is 44.2 Å². The summed E-state index contributed by atoms with van der Waals surface area (Å²) in [7, 11) is 0. The van der Waals surface area contributed by atoms with Gasteiger partial charge in [0.25, 0.3) is 5.91 Å². The lowest BCUT2D eigenvalue weighted by molar-refractivity contribution is -0.124. The molecule has 1 heterocycles. The van der Waals surface area contributed by atoms with Crippen LogP contribution in [0.4, 0.5) is 4.79 Å². The fraction of sp³-hybridized carbons (Fsp3) is 0.556. The van der Waals surface area contributed by atoms with Crippen LogP contribution in [0, 0.1) is 11.3 Å². The van der Waals surface area contributed by atoms with Crippen molar-refractivity contribution in [3.05, 3.63) is 34.9 Å². The van der Waals surface area contributed by atoms with Crippen molar-refractivity contribution in [3.8, 4) is 0 Å². The van der Waals surface area contributed by atoms with Gasteiger partial charge in [0.15, 0.2) is 6.10 Å². The van der Waals surface area contributed by atoms with Crippen LogP contribution in [0.2, 0.25) is 5.02 Å². The molecule has 1 unspecified atom stereocenters. The third kappa shape index (κ3) is 2.46. The minimum absolute atomic E-state index is 0.0735. The van der Waals surface area contributed by atoms with Gasteiger partial charge >= 0.3 is 6.09 Å². The monoisotopic (exact) mass is 348 g/mol. The van der Waals surface area contributed by atoms with Gasteiger partial charge in [0.2, 0.25) is 0 Å². The number of nitrogens with zero attached hydrogens (tertiary/aromatic N) is 1. The van der Waals surface area contributed by atoms with E-state index in [0.717, 1.165) is 30.7 Å². The van der Waals surface area contributed by atoms with Crippen LogP contribution in [0.1, 0.15) is 43.7 Å². The highest BCUT2D eigenvalue weighted by Gasteiger charge is 2.55. The van der Waals surface area contributed by atoms with Crippen molar-refractivity contribution in [1.82, 2.24) is 4.90 Å². The Morgan fingerprint density at radius 2 is 1.96 bits per heavy atom. The van der Waals surface area contributed by atoms with Crippen LogP contribution >= 0.6 is 11.6 Å². The fourth-order valence-corrected chi connectivity index (χ4v) is 5.09. The largest absolute Gasteiger partial charge is 0.434 e. The smallest absolute Gasteiger partial charge is 0.411 e. The first-order valence-electron chi connectivity index (χ1n) is 8.50. The summed E-state index contributed by atoms with van der Waals surface area (Å²) in [6.45, 7) is 0.230. The summed E-state index contributed by atoms with van der Waals surface area (Å²) in [6, 6.07) is 7.60. The molecule has 3 fully saturated rings. The molecule has 2 bridgehead atoms. The van der Waals surface area contributed by atoms with Crippen LogP contribution in [0.5, 0.6) is 0 Å². The normalized spacial score (nSPS) is 32.9. The standard InChI is InChI=1S/C18H21ClN2O3/c19-13-3-1-12(2-4-13)15(18-7-5-11(9-18)6-8-18)21-10-14(16(20)22)24-17(21)23/h1-4,11,14-15H,5-10H2,(H2,20,22)/t11?,14?,15-,18?/m1/s1. The maximum absolute atomic E-state index is 12.5. The van der Waals surface area contributed by atoms with Crippen LogP contribution in [-0.4, -0.2) is 29.5 Å². The third-order valence-electron chi connectivity index (χ3n) is 6.03. The highest BCUT2D eigenvalue weighted by molar-refractivity contribution is 6.30. The minimum Gasteiger partial charge on any atom is -0.434 e. The van der Waals surface area contributed by atoms with Gasteiger partial charge in [0, 0.05) is 5.02 Å². The lowest BCUT2D eigenvalue weighted by atomic mass is 9.73. The fourth-order valence-electron chi connectivity index (χ4n) is 4.97. The molecule has 0 spiro atoms. The lowest BCUT2D eigenvalue weighted by Crippen LogP contribution is -2.41. The maximum Gasteiger partial charge on any atom is 0.411 e. The third-order valence-corrected chi connectivity index (χ3v) is 6.28. The Morgan fingerprint density at radius 1 is 1.29 bits per heavy atom. The summed E-state index contributed by atoms with van der Waals surface area (Å²) in [4.78, 5) is 25.7. The van der Waals surface area contributed by atoms with Crippen molar-refractivity contribution in [2.24, 2.45) is 17.1 Å². The van der Waals surface area contributed by atoms with E-state index in [2.05, 4.69) is 0 Å². The number of amides is 2. The molecule has 2 amide bonds. The minimum atomic E-state index is -0.859. The van der Waals surface area contributed by atoms with Crippen molar-refractivity contribution in [3.63, 3.8) is 0 Å². The Hall–Kier alpha value is -1.75. The lowest BCUT2D eigenvalue weighted by Gasteiger charge is -2.41. The Balaban J connectivity index is 1.72. The second kappa shape index (κ2) is 5.66. The number of hydrogen-bond acceptors (Lipinski definition) is 3. The van der Waals surface area contributed by atoms with Crippen molar-refractivity contribution < 1.29 is 14.3 Å². The molecule has 4 rings (SSSR count). The van der Waals surface area contributed by atoms with E-state index in [0.29, 0.717) is 5.02 Å². The Morgan fingerprint density at radius 3 is 2.46 bits per heavy atom. The van der Waals surface area contributed by atoms with E-state index in [9.17, 15) is 9.59 Å². The van der Waals surface area contributed by atoms with E-state index in [1.807, 2.05) is 24.3 Å². The highest BCUT2D eigenvalue weighted by atomic mass is 35.5. The zero-order chi connectivity index (χ0) is 16.9. The van der Waals surface area contributed by atoms with Gasteiger partial charge in [-0.15, -0.1) is 0 Å². The van der Waals surface area contributed by atoms with Gasteiger partial charge in [-0.1, -0.05) is 23.7 Å². The number of fused-ring (bicyclic) bond motifs is 2. The van der Waals surface area contributed by atoms with E-state index in [4.69, 9.17) is 22.1 Å². The summed E-state index contributed by atoms with van der Waals surface area (Å²) >= 11 is 6.04. The number of hydrogen-bond donors (Lipinski definition) is 1. The van der Waals surface area contributed by atoms with Crippen molar-refractivity contribution in [1.29, 1.82) is 0 Å². The summed E-state index contributed by atoms with van der Waals surface area (Å²) in [6.07, 6.45) is 4.47. The zero-order valence-corrected chi connectivity index (χ0v) is 14.2. The van der Waals surface area contributed by atoms with E-state index in [1.54, 1.807) is 4.90 Å². The molecular formula is C18H21ClN2O3. The number of carbonyl (C=O) groups is 2. The predicted molar refractivity (Wildman–Crippen MR) is 89.4 cm³/mol. The molecule has 2 atom stereocenters. The zero-order valence-electron chi connectivity index (χ0n) is 13.4. The van der Waals surface area contributed by atoms with Crippen molar-refractivity contribution in [2.75, 3.05) is 6.54 Å². The van der Waals surface area contributed by atoms with Gasteiger partial charge < -0.3 is 10.5 Å². The highest BCUT2D eigenvalue weighted by Crippen LogP contribution is 2.61. The molecule has 2 saturated carbocycles. The van der Waals surface area contributed by atoms with Gasteiger partial charge in [-0.3, -0.25) is 9.69 Å². The summed E-state index contributed by atoms with van der Waals surface area (Å²) in [5.41, 5.74) is 6.48. The molecule has 2 N–H and O–H groups in total.